The van der Waals surface area contributed by atoms with Crippen LogP contribution in [-0.4, -0.2) is 19.5 Å². The molecule has 0 saturated heterocycles. The molecule has 0 aliphatic carbocycles. The van der Waals surface area contributed by atoms with E-state index in [9.17, 15) is 0 Å². The third-order valence-corrected chi connectivity index (χ3v) is 9.13. The van der Waals surface area contributed by atoms with E-state index in [4.69, 9.17) is 9.97 Å². The van der Waals surface area contributed by atoms with E-state index in [1.807, 2.05) is 54.9 Å². The van der Waals surface area contributed by atoms with Gasteiger partial charge in [0.1, 0.15) is 6.33 Å². The van der Waals surface area contributed by atoms with E-state index < -0.39 is 0 Å². The Morgan fingerprint density at radius 2 is 1.02 bits per heavy atom. The monoisotopic (exact) mass is 626 g/mol. The van der Waals surface area contributed by atoms with Crippen molar-refractivity contribution in [3.8, 4) is 61.8 Å². The molecule has 0 amide bonds. The Morgan fingerprint density at radius 3 is 1.78 bits per heavy atom. The third kappa shape index (κ3) is 5.45. The Bertz CT molecular complexity index is 2510. The highest BCUT2D eigenvalue weighted by molar-refractivity contribution is 5.99. The summed E-state index contributed by atoms with van der Waals surface area (Å²) in [5, 5.41) is 2.43. The first-order chi connectivity index (χ1) is 24.3. The van der Waals surface area contributed by atoms with Crippen molar-refractivity contribution in [2.75, 3.05) is 0 Å². The first-order valence-corrected chi connectivity index (χ1v) is 16.4. The predicted octanol–water partition coefficient (Wildman–Crippen LogP) is 11.3. The highest BCUT2D eigenvalue weighted by Crippen LogP contribution is 2.35. The van der Waals surface area contributed by atoms with Gasteiger partial charge < -0.3 is 0 Å². The smallest absolute Gasteiger partial charge is 0.160 e. The third-order valence-electron chi connectivity index (χ3n) is 9.13. The van der Waals surface area contributed by atoms with Crippen LogP contribution in [0.4, 0.5) is 0 Å². The fraction of sp³-hybridized carbons (Fsp3) is 0. The van der Waals surface area contributed by atoms with Crippen molar-refractivity contribution in [1.82, 2.24) is 19.5 Å². The second kappa shape index (κ2) is 12.2. The molecule has 0 unspecified atom stereocenters. The molecule has 0 bridgehead atoms. The second-order valence-corrected chi connectivity index (χ2v) is 12.2. The molecule has 0 aliphatic rings. The normalized spacial score (nSPS) is 11.3. The zero-order valence-corrected chi connectivity index (χ0v) is 26.6. The van der Waals surface area contributed by atoms with Gasteiger partial charge in [-0.3, -0.25) is 4.57 Å². The molecule has 0 N–H and O–H groups in total. The average Bonchev–Trinajstić information content (AvgIpc) is 3.62. The Hall–Kier alpha value is -6.65. The number of hydrogen-bond donors (Lipinski definition) is 0. The molecular formula is C45H30N4. The fourth-order valence-corrected chi connectivity index (χ4v) is 6.57. The van der Waals surface area contributed by atoms with Crippen LogP contribution in [0, 0.1) is 0 Å². The summed E-state index contributed by atoms with van der Waals surface area (Å²) in [5.74, 6) is 0.717. The van der Waals surface area contributed by atoms with E-state index in [-0.39, 0.29) is 0 Å². The van der Waals surface area contributed by atoms with E-state index in [2.05, 4.69) is 137 Å². The van der Waals surface area contributed by atoms with Crippen LogP contribution in [0.15, 0.2) is 182 Å². The van der Waals surface area contributed by atoms with Gasteiger partial charge in [-0.05, 0) is 69.4 Å². The maximum absolute atomic E-state index is 5.02. The molecule has 0 atom stereocenters. The maximum atomic E-state index is 5.02. The summed E-state index contributed by atoms with van der Waals surface area (Å²) in [4.78, 5) is 14.5. The van der Waals surface area contributed by atoms with Gasteiger partial charge in [-0.15, -0.1) is 0 Å². The van der Waals surface area contributed by atoms with Gasteiger partial charge in [0.25, 0.3) is 0 Å². The molecule has 230 valence electrons. The summed E-state index contributed by atoms with van der Waals surface area (Å²) in [6, 6.07) is 61.5. The Kier molecular flexibility index (Phi) is 7.10. The zero-order valence-electron chi connectivity index (χ0n) is 26.6. The minimum absolute atomic E-state index is 0.717. The van der Waals surface area contributed by atoms with Gasteiger partial charge in [-0.1, -0.05) is 140 Å². The Balaban J connectivity index is 1.06. The Morgan fingerprint density at radius 1 is 0.408 bits per heavy atom. The van der Waals surface area contributed by atoms with E-state index in [1.54, 1.807) is 0 Å². The van der Waals surface area contributed by atoms with Crippen molar-refractivity contribution in [3.63, 3.8) is 0 Å². The first-order valence-electron chi connectivity index (χ1n) is 16.4. The summed E-state index contributed by atoms with van der Waals surface area (Å²) >= 11 is 0. The zero-order chi connectivity index (χ0) is 32.6. The van der Waals surface area contributed by atoms with Crippen molar-refractivity contribution in [3.05, 3.63) is 182 Å². The highest BCUT2D eigenvalue weighted by Gasteiger charge is 2.12. The van der Waals surface area contributed by atoms with E-state index in [1.165, 1.54) is 27.5 Å². The number of nitrogens with zero attached hydrogens (tertiary/aromatic N) is 4. The first kappa shape index (κ1) is 28.6. The summed E-state index contributed by atoms with van der Waals surface area (Å²) in [5.41, 5.74) is 12.8. The highest BCUT2D eigenvalue weighted by atomic mass is 15.0. The van der Waals surface area contributed by atoms with E-state index in [0.29, 0.717) is 5.82 Å². The number of rotatable bonds is 6. The standard InChI is InChI=1S/C45H30N4/c1-3-10-34(11-4-1)42-29-43(48-45(47-42)36-12-5-2-6-13-36)35-21-18-33(19-22-35)39-15-9-14-32-20-23-37(28-40(32)39)31-24-26-38(27-25-31)49-30-46-41-16-7-8-17-44(41)49/h1-30H. The summed E-state index contributed by atoms with van der Waals surface area (Å²) in [6.45, 7) is 0. The molecule has 4 heteroatoms. The lowest BCUT2D eigenvalue weighted by Crippen LogP contribution is -1.95. The number of para-hydroxylation sites is 2. The van der Waals surface area contributed by atoms with Crippen LogP contribution in [0.3, 0.4) is 0 Å². The van der Waals surface area contributed by atoms with Gasteiger partial charge in [-0.25, -0.2) is 15.0 Å². The SMILES string of the molecule is c1ccc(-c2cc(-c3ccc(-c4cccc5ccc(-c6ccc(-n7cnc8ccccc87)cc6)cc45)cc3)nc(-c3ccccc3)n2)cc1. The molecule has 0 saturated carbocycles. The molecule has 9 aromatic rings. The summed E-state index contributed by atoms with van der Waals surface area (Å²) in [6.07, 6.45) is 1.89. The number of benzene rings is 7. The number of aromatic nitrogens is 4. The van der Waals surface area contributed by atoms with Crippen LogP contribution >= 0.6 is 0 Å². The Labute approximate surface area is 284 Å². The minimum Gasteiger partial charge on any atom is -0.299 e. The van der Waals surface area contributed by atoms with Gasteiger partial charge >= 0.3 is 0 Å². The molecule has 0 fully saturated rings. The number of fused-ring (bicyclic) bond motifs is 2. The fourth-order valence-electron chi connectivity index (χ4n) is 6.57. The van der Waals surface area contributed by atoms with E-state index >= 15 is 0 Å². The largest absolute Gasteiger partial charge is 0.299 e. The van der Waals surface area contributed by atoms with Crippen molar-refractivity contribution >= 4 is 21.8 Å². The number of hydrogen-bond acceptors (Lipinski definition) is 3. The van der Waals surface area contributed by atoms with Crippen LogP contribution in [0.1, 0.15) is 0 Å². The van der Waals surface area contributed by atoms with Gasteiger partial charge in [0, 0.05) is 22.4 Å². The van der Waals surface area contributed by atoms with Crippen LogP contribution in [0.25, 0.3) is 83.6 Å². The van der Waals surface area contributed by atoms with Gasteiger partial charge in [0.05, 0.1) is 22.4 Å². The van der Waals surface area contributed by atoms with Crippen LogP contribution in [0.5, 0.6) is 0 Å². The van der Waals surface area contributed by atoms with Crippen LogP contribution < -0.4 is 0 Å². The molecule has 0 spiro atoms. The van der Waals surface area contributed by atoms with Crippen molar-refractivity contribution < 1.29 is 0 Å². The van der Waals surface area contributed by atoms with Crippen molar-refractivity contribution in [2.45, 2.75) is 0 Å². The van der Waals surface area contributed by atoms with Crippen LogP contribution in [-0.2, 0) is 0 Å². The number of imidazole rings is 1. The minimum atomic E-state index is 0.717. The van der Waals surface area contributed by atoms with Gasteiger partial charge in [0.2, 0.25) is 0 Å². The quantitative estimate of drug-likeness (QED) is 0.184. The van der Waals surface area contributed by atoms with Crippen molar-refractivity contribution in [2.24, 2.45) is 0 Å². The molecule has 2 aromatic heterocycles. The topological polar surface area (TPSA) is 43.6 Å². The van der Waals surface area contributed by atoms with Gasteiger partial charge in [-0.2, -0.15) is 0 Å². The molecule has 49 heavy (non-hydrogen) atoms. The molecule has 4 nitrogen and oxygen atoms in total. The summed E-state index contributed by atoms with van der Waals surface area (Å²) in [7, 11) is 0. The van der Waals surface area contributed by atoms with Gasteiger partial charge in [0.15, 0.2) is 5.82 Å². The molecule has 0 aliphatic heterocycles. The molecule has 9 rings (SSSR count). The molecule has 7 aromatic carbocycles. The van der Waals surface area contributed by atoms with E-state index in [0.717, 1.165) is 50.4 Å². The second-order valence-electron chi connectivity index (χ2n) is 12.2. The summed E-state index contributed by atoms with van der Waals surface area (Å²) < 4.78 is 2.13. The lowest BCUT2D eigenvalue weighted by molar-refractivity contribution is 1.09. The molecular weight excluding hydrogens is 597 g/mol. The maximum Gasteiger partial charge on any atom is 0.160 e. The van der Waals surface area contributed by atoms with Crippen LogP contribution in [0.2, 0.25) is 0 Å². The van der Waals surface area contributed by atoms with Crippen molar-refractivity contribution in [1.29, 1.82) is 0 Å². The lowest BCUT2D eigenvalue weighted by Gasteiger charge is -2.12. The molecule has 0 radical (unpaired) electrons. The lowest BCUT2D eigenvalue weighted by atomic mass is 9.94. The predicted molar refractivity (Wildman–Crippen MR) is 201 cm³/mol. The molecule has 2 heterocycles. The average molecular weight is 627 g/mol.